The lowest BCUT2D eigenvalue weighted by atomic mass is 10.2. The molecule has 0 radical (unpaired) electrons. The molecule has 1 aromatic carbocycles. The van der Waals surface area contributed by atoms with Gasteiger partial charge in [0.25, 0.3) is 0 Å². The Hall–Kier alpha value is -1.55. The first-order chi connectivity index (χ1) is 6.77. The SMILES string of the molecule is Fc1ccccc1-c1nncc(Cl)n1. The number of aromatic nitrogens is 3. The summed E-state index contributed by atoms with van der Waals surface area (Å²) in [6.07, 6.45) is 1.30. The van der Waals surface area contributed by atoms with Gasteiger partial charge in [0.1, 0.15) is 5.82 Å². The summed E-state index contributed by atoms with van der Waals surface area (Å²) in [6.45, 7) is 0. The van der Waals surface area contributed by atoms with Crippen LogP contribution in [0.15, 0.2) is 30.5 Å². The molecule has 0 bridgehead atoms. The van der Waals surface area contributed by atoms with Crippen LogP contribution >= 0.6 is 11.6 Å². The molecule has 0 unspecified atom stereocenters. The molecule has 14 heavy (non-hydrogen) atoms. The summed E-state index contributed by atoms with van der Waals surface area (Å²) in [4.78, 5) is 3.86. The topological polar surface area (TPSA) is 38.7 Å². The van der Waals surface area contributed by atoms with Gasteiger partial charge in [-0.3, -0.25) is 0 Å². The van der Waals surface area contributed by atoms with Crippen molar-refractivity contribution in [2.45, 2.75) is 0 Å². The first-order valence-electron chi connectivity index (χ1n) is 3.87. The maximum absolute atomic E-state index is 13.3. The number of rotatable bonds is 1. The van der Waals surface area contributed by atoms with Gasteiger partial charge in [-0.2, -0.15) is 5.10 Å². The second kappa shape index (κ2) is 3.67. The highest BCUT2D eigenvalue weighted by Gasteiger charge is 2.07. The van der Waals surface area contributed by atoms with Crippen molar-refractivity contribution in [3.05, 3.63) is 41.4 Å². The molecule has 0 aliphatic rings. The molecule has 5 heteroatoms. The molecule has 0 fully saturated rings. The molecular formula is C9H5ClFN3. The zero-order chi connectivity index (χ0) is 9.97. The third-order valence-electron chi connectivity index (χ3n) is 1.64. The Labute approximate surface area is 84.6 Å². The predicted molar refractivity (Wildman–Crippen MR) is 50.2 cm³/mol. The first-order valence-corrected chi connectivity index (χ1v) is 4.25. The van der Waals surface area contributed by atoms with Crippen molar-refractivity contribution < 1.29 is 4.39 Å². The van der Waals surface area contributed by atoms with Crippen LogP contribution in [0.3, 0.4) is 0 Å². The van der Waals surface area contributed by atoms with E-state index in [-0.39, 0.29) is 11.0 Å². The van der Waals surface area contributed by atoms with E-state index < -0.39 is 5.82 Å². The number of halogens is 2. The van der Waals surface area contributed by atoms with Gasteiger partial charge in [-0.1, -0.05) is 23.7 Å². The summed E-state index contributed by atoms with van der Waals surface area (Å²) in [5.41, 5.74) is 0.294. The fraction of sp³-hybridized carbons (Fsp3) is 0. The van der Waals surface area contributed by atoms with E-state index in [1.54, 1.807) is 18.2 Å². The molecule has 0 amide bonds. The molecule has 2 rings (SSSR count). The summed E-state index contributed by atoms with van der Waals surface area (Å²) in [7, 11) is 0. The molecule has 70 valence electrons. The van der Waals surface area contributed by atoms with E-state index >= 15 is 0 Å². The van der Waals surface area contributed by atoms with E-state index in [1.165, 1.54) is 12.3 Å². The number of hydrogen-bond donors (Lipinski definition) is 0. The molecule has 3 nitrogen and oxygen atoms in total. The second-order valence-corrected chi connectivity index (χ2v) is 2.97. The lowest BCUT2D eigenvalue weighted by Gasteiger charge is -1.99. The Kier molecular flexibility index (Phi) is 2.37. The average molecular weight is 210 g/mol. The fourth-order valence-electron chi connectivity index (χ4n) is 1.04. The van der Waals surface area contributed by atoms with Crippen molar-refractivity contribution in [1.29, 1.82) is 0 Å². The van der Waals surface area contributed by atoms with Gasteiger partial charge < -0.3 is 0 Å². The normalized spacial score (nSPS) is 10.1. The Morgan fingerprint density at radius 2 is 2.00 bits per heavy atom. The number of hydrogen-bond acceptors (Lipinski definition) is 3. The molecular weight excluding hydrogens is 205 g/mol. The van der Waals surface area contributed by atoms with Crippen LogP contribution < -0.4 is 0 Å². The van der Waals surface area contributed by atoms with Crippen molar-refractivity contribution in [3.8, 4) is 11.4 Å². The van der Waals surface area contributed by atoms with E-state index in [2.05, 4.69) is 15.2 Å². The van der Waals surface area contributed by atoms with Crippen LogP contribution in [0.5, 0.6) is 0 Å². The van der Waals surface area contributed by atoms with Crippen molar-refractivity contribution in [3.63, 3.8) is 0 Å². The quantitative estimate of drug-likeness (QED) is 0.724. The van der Waals surface area contributed by atoms with E-state index in [4.69, 9.17) is 11.6 Å². The van der Waals surface area contributed by atoms with Crippen LogP contribution in [-0.2, 0) is 0 Å². The maximum Gasteiger partial charge on any atom is 0.186 e. The van der Waals surface area contributed by atoms with Crippen molar-refractivity contribution >= 4 is 11.6 Å². The van der Waals surface area contributed by atoms with Gasteiger partial charge in [-0.25, -0.2) is 9.37 Å². The predicted octanol–water partition coefficient (Wildman–Crippen LogP) is 2.33. The first kappa shape index (κ1) is 9.02. The zero-order valence-electron chi connectivity index (χ0n) is 6.98. The molecule has 1 heterocycles. The van der Waals surface area contributed by atoms with Crippen LogP contribution in [0.1, 0.15) is 0 Å². The van der Waals surface area contributed by atoms with Crippen LogP contribution in [0, 0.1) is 5.82 Å². The fourth-order valence-corrected chi connectivity index (χ4v) is 1.16. The summed E-state index contributed by atoms with van der Waals surface area (Å²) in [5, 5.41) is 7.47. The van der Waals surface area contributed by atoms with E-state index in [0.717, 1.165) is 0 Å². The van der Waals surface area contributed by atoms with Gasteiger partial charge >= 0.3 is 0 Å². The Bertz CT molecular complexity index is 461. The third kappa shape index (κ3) is 1.70. The average Bonchev–Trinajstić information content (AvgIpc) is 2.18. The molecule has 1 aromatic heterocycles. The van der Waals surface area contributed by atoms with Crippen molar-refractivity contribution in [1.82, 2.24) is 15.2 Å². The van der Waals surface area contributed by atoms with E-state index in [9.17, 15) is 4.39 Å². The van der Waals surface area contributed by atoms with Crippen LogP contribution in [0.2, 0.25) is 5.15 Å². The molecule has 0 N–H and O–H groups in total. The van der Waals surface area contributed by atoms with E-state index in [1.807, 2.05) is 0 Å². The molecule has 0 saturated carbocycles. The smallest absolute Gasteiger partial charge is 0.186 e. The standard InChI is InChI=1S/C9H5ClFN3/c10-8-5-12-14-9(13-8)6-3-1-2-4-7(6)11/h1-5H. The van der Waals surface area contributed by atoms with Gasteiger partial charge in [-0.15, -0.1) is 5.10 Å². The van der Waals surface area contributed by atoms with Gasteiger partial charge in [0.05, 0.1) is 11.8 Å². The molecule has 0 saturated heterocycles. The summed E-state index contributed by atoms with van der Waals surface area (Å²) in [5.74, 6) is -0.202. The largest absolute Gasteiger partial charge is 0.213 e. The Balaban J connectivity index is 2.55. The van der Waals surface area contributed by atoms with Crippen molar-refractivity contribution in [2.75, 3.05) is 0 Å². The molecule has 0 atom stereocenters. The summed E-state index contributed by atoms with van der Waals surface area (Å²) in [6, 6.07) is 6.20. The zero-order valence-corrected chi connectivity index (χ0v) is 7.74. The molecule has 0 aliphatic heterocycles. The van der Waals surface area contributed by atoms with Gasteiger partial charge in [-0.05, 0) is 12.1 Å². The molecule has 0 aliphatic carbocycles. The van der Waals surface area contributed by atoms with Gasteiger partial charge in [0.2, 0.25) is 0 Å². The third-order valence-corrected chi connectivity index (χ3v) is 1.83. The Morgan fingerprint density at radius 3 is 2.71 bits per heavy atom. The van der Waals surface area contributed by atoms with Crippen LogP contribution in [0.4, 0.5) is 4.39 Å². The van der Waals surface area contributed by atoms with Crippen molar-refractivity contribution in [2.24, 2.45) is 0 Å². The summed E-state index contributed by atoms with van der Waals surface area (Å²) >= 11 is 5.61. The van der Waals surface area contributed by atoms with Crippen LogP contribution in [-0.4, -0.2) is 15.2 Å². The minimum atomic E-state index is -0.392. The van der Waals surface area contributed by atoms with E-state index in [0.29, 0.717) is 5.56 Å². The summed E-state index contributed by atoms with van der Waals surface area (Å²) < 4.78 is 13.3. The van der Waals surface area contributed by atoms with Gasteiger partial charge in [0.15, 0.2) is 11.0 Å². The monoisotopic (exact) mass is 209 g/mol. The lowest BCUT2D eigenvalue weighted by molar-refractivity contribution is 0.629. The lowest BCUT2D eigenvalue weighted by Crippen LogP contribution is -1.93. The van der Waals surface area contributed by atoms with Crippen LogP contribution in [0.25, 0.3) is 11.4 Å². The maximum atomic E-state index is 13.3. The minimum absolute atomic E-state index is 0.190. The number of benzene rings is 1. The highest BCUT2D eigenvalue weighted by Crippen LogP contribution is 2.18. The highest BCUT2D eigenvalue weighted by atomic mass is 35.5. The molecule has 2 aromatic rings. The van der Waals surface area contributed by atoms with Gasteiger partial charge in [0, 0.05) is 0 Å². The Morgan fingerprint density at radius 1 is 1.21 bits per heavy atom. The number of nitrogens with zero attached hydrogens (tertiary/aromatic N) is 3. The molecule has 0 spiro atoms. The highest BCUT2D eigenvalue weighted by molar-refractivity contribution is 6.29. The minimum Gasteiger partial charge on any atom is -0.213 e. The second-order valence-electron chi connectivity index (χ2n) is 2.58.